The second-order valence-electron chi connectivity index (χ2n) is 10.2. The molecular weight excluding hydrogens is 500 g/mol. The number of carbonyl (C=O) groups is 1. The maximum Gasteiger partial charge on any atom is 0.418 e. The number of aliphatic carboxylic acids is 1. The smallest absolute Gasteiger partial charge is 0.418 e. The number of anilines is 1. The summed E-state index contributed by atoms with van der Waals surface area (Å²) in [5.74, 6) is -0.726. The summed E-state index contributed by atoms with van der Waals surface area (Å²) >= 11 is 0. The van der Waals surface area contributed by atoms with E-state index in [1.165, 1.54) is 11.9 Å². The molecule has 1 N–H and O–H groups in total. The van der Waals surface area contributed by atoms with Gasteiger partial charge in [-0.1, -0.05) is 19.1 Å². The van der Waals surface area contributed by atoms with Crippen molar-refractivity contribution in [1.29, 1.82) is 0 Å². The van der Waals surface area contributed by atoms with E-state index in [1.807, 2.05) is 18.2 Å². The summed E-state index contributed by atoms with van der Waals surface area (Å²) in [5.41, 5.74) is -1.31. The van der Waals surface area contributed by atoms with Crippen LogP contribution in [0, 0.1) is 5.92 Å². The van der Waals surface area contributed by atoms with Crippen LogP contribution in [-0.2, 0) is 30.0 Å². The highest BCUT2D eigenvalue weighted by atomic mass is 19.4. The van der Waals surface area contributed by atoms with Gasteiger partial charge in [0.1, 0.15) is 11.4 Å². The highest BCUT2D eigenvalue weighted by Crippen LogP contribution is 2.46. The average Bonchev–Trinajstić information content (AvgIpc) is 2.82. The van der Waals surface area contributed by atoms with Crippen molar-refractivity contribution in [2.75, 3.05) is 11.9 Å². The minimum Gasteiger partial charge on any atom is -0.487 e. The van der Waals surface area contributed by atoms with E-state index in [9.17, 15) is 36.2 Å². The Balaban J connectivity index is 1.50. The minimum absolute atomic E-state index is 0.365. The number of alkyl halides is 6. The molecule has 37 heavy (non-hydrogen) atoms. The van der Waals surface area contributed by atoms with E-state index in [-0.39, 0.29) is 6.04 Å². The Morgan fingerprint density at radius 3 is 2.32 bits per heavy atom. The average molecular weight is 530 g/mol. The SMILES string of the molecule is CC(Cc1ccc2c(c1)OC1(CC2)CCC(N(C)c2cc(C(F)(F)F)ccc2C(F)(F)F)CC1)C(=O)O. The zero-order valence-electron chi connectivity index (χ0n) is 20.5. The lowest BCUT2D eigenvalue weighted by atomic mass is 9.76. The van der Waals surface area contributed by atoms with Crippen LogP contribution in [0.15, 0.2) is 36.4 Å². The van der Waals surface area contributed by atoms with Gasteiger partial charge < -0.3 is 14.7 Å². The monoisotopic (exact) mass is 529 g/mol. The minimum atomic E-state index is -4.78. The molecule has 10 heteroatoms. The molecule has 0 amide bonds. The highest BCUT2D eigenvalue weighted by molar-refractivity contribution is 5.70. The summed E-state index contributed by atoms with van der Waals surface area (Å²) in [6.45, 7) is 1.64. The summed E-state index contributed by atoms with van der Waals surface area (Å²) in [7, 11) is 1.42. The lowest BCUT2D eigenvalue weighted by Gasteiger charge is -2.46. The molecule has 1 heterocycles. The molecule has 1 saturated carbocycles. The van der Waals surface area contributed by atoms with Gasteiger partial charge in [-0.2, -0.15) is 26.3 Å². The molecule has 0 aromatic heterocycles. The topological polar surface area (TPSA) is 49.8 Å². The Kier molecular flexibility index (Phi) is 7.16. The summed E-state index contributed by atoms with van der Waals surface area (Å²) in [6, 6.07) is 6.89. The number of aryl methyl sites for hydroxylation is 1. The highest BCUT2D eigenvalue weighted by Gasteiger charge is 2.43. The number of hydrogen-bond acceptors (Lipinski definition) is 3. The molecule has 0 radical (unpaired) electrons. The van der Waals surface area contributed by atoms with Crippen LogP contribution in [-0.4, -0.2) is 29.8 Å². The number of benzene rings is 2. The fraction of sp³-hybridized carbons (Fsp3) is 0.519. The molecule has 0 bridgehead atoms. The second kappa shape index (κ2) is 9.76. The Labute approximate surface area is 211 Å². The third-order valence-electron chi connectivity index (χ3n) is 7.70. The lowest BCUT2D eigenvalue weighted by molar-refractivity contribution is -0.141. The van der Waals surface area contributed by atoms with Crippen molar-refractivity contribution in [2.24, 2.45) is 5.92 Å². The first kappa shape index (κ1) is 27.1. The van der Waals surface area contributed by atoms with Crippen LogP contribution in [0.3, 0.4) is 0 Å². The van der Waals surface area contributed by atoms with Crippen molar-refractivity contribution >= 4 is 11.7 Å². The maximum atomic E-state index is 13.6. The number of rotatable bonds is 5. The van der Waals surface area contributed by atoms with Gasteiger partial charge in [-0.25, -0.2) is 0 Å². The zero-order valence-corrected chi connectivity index (χ0v) is 20.5. The van der Waals surface area contributed by atoms with Crippen molar-refractivity contribution in [2.45, 2.75) is 75.9 Å². The first-order valence-electron chi connectivity index (χ1n) is 12.2. The van der Waals surface area contributed by atoms with Crippen LogP contribution < -0.4 is 9.64 Å². The second-order valence-corrected chi connectivity index (χ2v) is 10.2. The van der Waals surface area contributed by atoms with Crippen LogP contribution in [0.1, 0.15) is 61.3 Å². The number of ether oxygens (including phenoxy) is 1. The first-order valence-corrected chi connectivity index (χ1v) is 12.2. The molecule has 202 valence electrons. The van der Waals surface area contributed by atoms with Crippen LogP contribution in [0.2, 0.25) is 0 Å². The molecule has 1 unspecified atom stereocenters. The molecule has 4 nitrogen and oxygen atoms in total. The van der Waals surface area contributed by atoms with Crippen LogP contribution >= 0.6 is 0 Å². The largest absolute Gasteiger partial charge is 0.487 e. The van der Waals surface area contributed by atoms with E-state index in [0.717, 1.165) is 24.0 Å². The normalized spacial score (nSPS) is 22.8. The van der Waals surface area contributed by atoms with E-state index in [0.29, 0.717) is 56.1 Å². The number of carboxylic acid groups (broad SMARTS) is 1. The molecule has 0 saturated heterocycles. The molecule has 4 rings (SSSR count). The molecule has 1 aliphatic heterocycles. The van der Waals surface area contributed by atoms with Crippen LogP contribution in [0.4, 0.5) is 32.0 Å². The Morgan fingerprint density at radius 1 is 1.05 bits per heavy atom. The van der Waals surface area contributed by atoms with Gasteiger partial charge in [0, 0.05) is 18.8 Å². The number of hydrogen-bond donors (Lipinski definition) is 1. The maximum absolute atomic E-state index is 13.6. The fourth-order valence-electron chi connectivity index (χ4n) is 5.42. The third-order valence-corrected chi connectivity index (χ3v) is 7.70. The summed E-state index contributed by atoms with van der Waals surface area (Å²) in [6.07, 6.45) is -5.63. The van der Waals surface area contributed by atoms with Gasteiger partial charge in [0.25, 0.3) is 0 Å². The quantitative estimate of drug-likeness (QED) is 0.419. The van der Waals surface area contributed by atoms with Gasteiger partial charge in [0.05, 0.1) is 17.0 Å². The van der Waals surface area contributed by atoms with Crippen molar-refractivity contribution in [1.82, 2.24) is 0 Å². The van der Waals surface area contributed by atoms with Gasteiger partial charge >= 0.3 is 18.3 Å². The number of carboxylic acids is 1. The zero-order chi connectivity index (χ0) is 27.2. The summed E-state index contributed by atoms with van der Waals surface area (Å²) in [4.78, 5) is 12.5. The van der Waals surface area contributed by atoms with Gasteiger partial charge in [0.2, 0.25) is 0 Å². The lowest BCUT2D eigenvalue weighted by Crippen LogP contribution is -2.47. The van der Waals surface area contributed by atoms with E-state index in [2.05, 4.69) is 0 Å². The van der Waals surface area contributed by atoms with Crippen molar-refractivity contribution < 1.29 is 41.0 Å². The molecule has 1 aliphatic carbocycles. The number of nitrogens with zero attached hydrogens (tertiary/aromatic N) is 1. The Hall–Kier alpha value is -2.91. The Morgan fingerprint density at radius 2 is 1.73 bits per heavy atom. The first-order chi connectivity index (χ1) is 17.2. The fourth-order valence-corrected chi connectivity index (χ4v) is 5.42. The molecule has 2 aromatic rings. The van der Waals surface area contributed by atoms with E-state index in [4.69, 9.17) is 4.74 Å². The molecular formula is C27H29F6NO3. The molecule has 2 aliphatic rings. The van der Waals surface area contributed by atoms with E-state index < -0.39 is 46.7 Å². The van der Waals surface area contributed by atoms with E-state index >= 15 is 0 Å². The molecule has 1 spiro atoms. The number of halogens is 6. The summed E-state index contributed by atoms with van der Waals surface area (Å²) in [5, 5.41) is 9.20. The van der Waals surface area contributed by atoms with Crippen LogP contribution in [0.25, 0.3) is 0 Å². The third kappa shape index (κ3) is 5.83. The van der Waals surface area contributed by atoms with Gasteiger partial charge in [-0.15, -0.1) is 0 Å². The molecule has 2 aromatic carbocycles. The molecule has 1 atom stereocenters. The standard InChI is InChI=1S/C27H29F6NO3/c1-16(24(35)36)13-17-3-4-18-7-10-25(37-23(18)14-17)11-8-20(9-12-25)34(2)22-15-19(26(28,29)30)5-6-21(22)27(31,32)33/h3-6,14-16,20H,7-13H2,1-2H3,(H,35,36). The Bertz CT molecular complexity index is 1150. The summed E-state index contributed by atoms with van der Waals surface area (Å²) < 4.78 is 87.1. The van der Waals surface area contributed by atoms with Crippen LogP contribution in [0.5, 0.6) is 5.75 Å². The van der Waals surface area contributed by atoms with Gasteiger partial charge in [0.15, 0.2) is 0 Å². The van der Waals surface area contributed by atoms with Crippen molar-refractivity contribution in [3.8, 4) is 5.75 Å². The number of fused-ring (bicyclic) bond motifs is 1. The predicted molar refractivity (Wildman–Crippen MR) is 126 cm³/mol. The predicted octanol–water partition coefficient (Wildman–Crippen LogP) is 7.13. The van der Waals surface area contributed by atoms with Crippen molar-refractivity contribution in [3.63, 3.8) is 0 Å². The van der Waals surface area contributed by atoms with Crippen molar-refractivity contribution in [3.05, 3.63) is 58.7 Å². The van der Waals surface area contributed by atoms with Gasteiger partial charge in [-0.05, 0) is 80.3 Å². The van der Waals surface area contributed by atoms with E-state index in [1.54, 1.807) is 6.92 Å². The molecule has 1 fully saturated rings. The van der Waals surface area contributed by atoms with Gasteiger partial charge in [-0.3, -0.25) is 4.79 Å².